The molecule has 1 rings (SSSR count). The number of hydrogen-bond donors (Lipinski definition) is 2. The van der Waals surface area contributed by atoms with Crippen LogP contribution >= 0.6 is 0 Å². The monoisotopic (exact) mass is 184 g/mol. The number of piperidine rings is 1. The summed E-state index contributed by atoms with van der Waals surface area (Å²) < 4.78 is 0. The Bertz CT molecular complexity index is 192. The molecule has 4 N–H and O–H groups in total. The molecule has 0 bridgehead atoms. The fourth-order valence-electron chi connectivity index (χ4n) is 1.55. The number of hydrogen-bond acceptors (Lipinski definition) is 3. The molecule has 0 aromatic heterocycles. The van der Waals surface area contributed by atoms with E-state index in [-0.39, 0.29) is 12.0 Å². The summed E-state index contributed by atoms with van der Waals surface area (Å²) in [4.78, 5) is 16.4. The first-order chi connectivity index (χ1) is 6.22. The van der Waals surface area contributed by atoms with Gasteiger partial charge in [-0.25, -0.2) is 0 Å². The van der Waals surface area contributed by atoms with Gasteiger partial charge in [0.15, 0.2) is 5.96 Å². The fourth-order valence-corrected chi connectivity index (χ4v) is 1.55. The van der Waals surface area contributed by atoms with Crippen molar-refractivity contribution in [2.24, 2.45) is 16.5 Å². The molecule has 0 unspecified atom stereocenters. The Kier molecular flexibility index (Phi) is 3.70. The zero-order chi connectivity index (χ0) is 9.68. The maximum atomic E-state index is 10.2. The highest BCUT2D eigenvalue weighted by Crippen LogP contribution is 2.12. The van der Waals surface area contributed by atoms with Gasteiger partial charge in [-0.3, -0.25) is 9.89 Å². The van der Waals surface area contributed by atoms with Crippen LogP contribution < -0.4 is 11.5 Å². The number of likely N-dealkylation sites (tertiary alicyclic amines) is 1. The van der Waals surface area contributed by atoms with Crippen molar-refractivity contribution in [2.45, 2.75) is 18.9 Å². The fraction of sp³-hybridized carbons (Fsp3) is 0.750. The Balaban J connectivity index is 2.30. The van der Waals surface area contributed by atoms with Crippen molar-refractivity contribution in [2.75, 3.05) is 19.6 Å². The minimum Gasteiger partial charge on any atom is -0.370 e. The van der Waals surface area contributed by atoms with Crippen LogP contribution in [-0.2, 0) is 4.79 Å². The summed E-state index contributed by atoms with van der Waals surface area (Å²) in [7, 11) is 0. The Labute approximate surface area is 77.8 Å². The topological polar surface area (TPSA) is 84.7 Å². The van der Waals surface area contributed by atoms with Crippen molar-refractivity contribution in [3.05, 3.63) is 0 Å². The number of carbonyl (C=O) groups is 1. The third kappa shape index (κ3) is 3.42. The van der Waals surface area contributed by atoms with Gasteiger partial charge in [-0.15, -0.1) is 0 Å². The Hall–Kier alpha value is -1.10. The lowest BCUT2D eigenvalue weighted by molar-refractivity contribution is -0.109. The van der Waals surface area contributed by atoms with Crippen molar-refractivity contribution >= 4 is 12.2 Å². The number of carbonyl (C=O) groups excluding carboxylic acids is 1. The van der Waals surface area contributed by atoms with Gasteiger partial charge in [-0.1, -0.05) is 0 Å². The molecule has 0 aromatic carbocycles. The second-order valence-corrected chi connectivity index (χ2v) is 3.25. The van der Waals surface area contributed by atoms with E-state index >= 15 is 0 Å². The molecule has 5 nitrogen and oxygen atoms in total. The van der Waals surface area contributed by atoms with Crippen LogP contribution in [0.15, 0.2) is 4.99 Å². The molecule has 74 valence electrons. The second kappa shape index (κ2) is 4.81. The lowest BCUT2D eigenvalue weighted by Gasteiger charge is -2.28. The Morgan fingerprint density at radius 1 is 1.46 bits per heavy atom. The van der Waals surface area contributed by atoms with Gasteiger partial charge in [0.25, 0.3) is 0 Å². The number of nitrogens with zero attached hydrogens (tertiary/aromatic N) is 2. The summed E-state index contributed by atoms with van der Waals surface area (Å²) in [6.07, 6.45) is 2.80. The van der Waals surface area contributed by atoms with Gasteiger partial charge in [-0.05, 0) is 12.8 Å². The first-order valence-electron chi connectivity index (χ1n) is 4.47. The van der Waals surface area contributed by atoms with Crippen LogP contribution in [0.5, 0.6) is 0 Å². The highest BCUT2D eigenvalue weighted by molar-refractivity contribution is 5.75. The molecule has 0 radical (unpaired) electrons. The molecule has 0 amide bonds. The highest BCUT2D eigenvalue weighted by atomic mass is 16.1. The maximum Gasteiger partial charge on any atom is 0.186 e. The number of aldehydes is 1. The van der Waals surface area contributed by atoms with Gasteiger partial charge in [0.1, 0.15) is 6.29 Å². The van der Waals surface area contributed by atoms with Gasteiger partial charge >= 0.3 is 0 Å². The van der Waals surface area contributed by atoms with Crippen molar-refractivity contribution in [3.8, 4) is 0 Å². The number of rotatable bonds is 3. The summed E-state index contributed by atoms with van der Waals surface area (Å²) in [6.45, 7) is 2.33. The van der Waals surface area contributed by atoms with E-state index in [2.05, 4.69) is 9.89 Å². The van der Waals surface area contributed by atoms with E-state index in [4.69, 9.17) is 11.5 Å². The summed E-state index contributed by atoms with van der Waals surface area (Å²) in [5.41, 5.74) is 10.5. The van der Waals surface area contributed by atoms with E-state index < -0.39 is 0 Å². The SMILES string of the molecule is NC(N)=NC1CCN(CC=O)CC1. The first-order valence-corrected chi connectivity index (χ1v) is 4.47. The molecular weight excluding hydrogens is 168 g/mol. The van der Waals surface area contributed by atoms with E-state index in [1.807, 2.05) is 0 Å². The molecule has 13 heavy (non-hydrogen) atoms. The van der Waals surface area contributed by atoms with E-state index in [0.29, 0.717) is 6.54 Å². The predicted molar refractivity (Wildman–Crippen MR) is 51.3 cm³/mol. The molecule has 1 saturated heterocycles. The Morgan fingerprint density at radius 3 is 2.54 bits per heavy atom. The van der Waals surface area contributed by atoms with E-state index in [9.17, 15) is 4.79 Å². The van der Waals surface area contributed by atoms with E-state index in [0.717, 1.165) is 32.2 Å². The first kappa shape index (κ1) is 9.98. The van der Waals surface area contributed by atoms with Crippen LogP contribution in [0.3, 0.4) is 0 Å². The molecular formula is C8H16N4O. The zero-order valence-corrected chi connectivity index (χ0v) is 7.65. The quantitative estimate of drug-likeness (QED) is 0.332. The maximum absolute atomic E-state index is 10.2. The zero-order valence-electron chi connectivity index (χ0n) is 7.65. The minimum atomic E-state index is 0.161. The molecule has 0 atom stereocenters. The molecule has 0 aromatic rings. The third-order valence-corrected chi connectivity index (χ3v) is 2.22. The average molecular weight is 184 g/mol. The van der Waals surface area contributed by atoms with Gasteiger partial charge in [-0.2, -0.15) is 0 Å². The van der Waals surface area contributed by atoms with Crippen molar-refractivity contribution in [1.82, 2.24) is 4.90 Å². The number of guanidine groups is 1. The molecule has 0 aliphatic carbocycles. The molecule has 1 aliphatic heterocycles. The summed E-state index contributed by atoms with van der Waals surface area (Å²) in [5, 5.41) is 0. The van der Waals surface area contributed by atoms with Crippen LogP contribution in [0, 0.1) is 0 Å². The molecule has 1 fully saturated rings. The van der Waals surface area contributed by atoms with Gasteiger partial charge < -0.3 is 16.3 Å². The minimum absolute atomic E-state index is 0.161. The van der Waals surface area contributed by atoms with Gasteiger partial charge in [0, 0.05) is 13.1 Å². The smallest absolute Gasteiger partial charge is 0.186 e. The number of aliphatic imine (C=N–C) groups is 1. The molecule has 0 saturated carbocycles. The van der Waals surface area contributed by atoms with Gasteiger partial charge in [0.05, 0.1) is 12.6 Å². The molecule has 0 spiro atoms. The third-order valence-electron chi connectivity index (χ3n) is 2.22. The molecule has 1 heterocycles. The average Bonchev–Trinajstić information content (AvgIpc) is 2.08. The van der Waals surface area contributed by atoms with Crippen LogP contribution in [-0.4, -0.2) is 42.8 Å². The Morgan fingerprint density at radius 2 is 2.08 bits per heavy atom. The van der Waals surface area contributed by atoms with Crippen molar-refractivity contribution in [1.29, 1.82) is 0 Å². The molecule has 5 heteroatoms. The summed E-state index contributed by atoms with van der Waals surface area (Å²) >= 11 is 0. The summed E-state index contributed by atoms with van der Waals surface area (Å²) in [6, 6.07) is 0.243. The van der Waals surface area contributed by atoms with Gasteiger partial charge in [0.2, 0.25) is 0 Å². The van der Waals surface area contributed by atoms with Crippen molar-refractivity contribution < 1.29 is 4.79 Å². The van der Waals surface area contributed by atoms with Crippen LogP contribution in [0.2, 0.25) is 0 Å². The van der Waals surface area contributed by atoms with E-state index in [1.165, 1.54) is 0 Å². The normalized spacial score (nSPS) is 19.7. The standard InChI is InChI=1S/C8H16N4O/c9-8(10)11-7-1-3-12(4-2-7)5-6-13/h6-7H,1-5H2,(H4,9,10,11). The summed E-state index contributed by atoms with van der Waals surface area (Å²) in [5.74, 6) is 0.161. The predicted octanol–water partition coefficient (Wildman–Crippen LogP) is -1.08. The van der Waals surface area contributed by atoms with E-state index in [1.54, 1.807) is 0 Å². The van der Waals surface area contributed by atoms with Crippen LogP contribution in [0.25, 0.3) is 0 Å². The number of nitrogens with two attached hydrogens (primary N) is 2. The highest BCUT2D eigenvalue weighted by Gasteiger charge is 2.17. The van der Waals surface area contributed by atoms with Crippen LogP contribution in [0.1, 0.15) is 12.8 Å². The molecule has 1 aliphatic rings. The van der Waals surface area contributed by atoms with Crippen molar-refractivity contribution in [3.63, 3.8) is 0 Å². The lowest BCUT2D eigenvalue weighted by Crippen LogP contribution is -2.37. The largest absolute Gasteiger partial charge is 0.370 e. The van der Waals surface area contributed by atoms with Crippen LogP contribution in [0.4, 0.5) is 0 Å². The second-order valence-electron chi connectivity index (χ2n) is 3.25. The lowest BCUT2D eigenvalue weighted by atomic mass is 10.1.